The molecule has 2 aromatic carbocycles. The second-order valence-corrected chi connectivity index (χ2v) is 4.46. The summed E-state index contributed by atoms with van der Waals surface area (Å²) in [6.45, 7) is 0. The summed E-state index contributed by atoms with van der Waals surface area (Å²) in [5, 5.41) is 4.06. The molecule has 0 fully saturated rings. The van der Waals surface area contributed by atoms with Crippen LogP contribution >= 0.6 is 0 Å². The van der Waals surface area contributed by atoms with Crippen molar-refractivity contribution in [2.75, 3.05) is 0 Å². The van der Waals surface area contributed by atoms with E-state index < -0.39 is 0 Å². The second-order valence-electron chi connectivity index (χ2n) is 4.46. The first kappa shape index (κ1) is 20.3. The molecule has 1 aliphatic carbocycles. The maximum atomic E-state index is 2.99. The number of halogens is 2. The van der Waals surface area contributed by atoms with Crippen molar-refractivity contribution in [3.8, 4) is 0 Å². The zero-order chi connectivity index (χ0) is 12.4. The Morgan fingerprint density at radius 1 is 1.10 bits per heavy atom. The molecule has 0 atom stereocenters. The van der Waals surface area contributed by atoms with Gasteiger partial charge in [-0.05, 0) is 11.7 Å². The van der Waals surface area contributed by atoms with E-state index in [2.05, 4.69) is 66.4 Å². The summed E-state index contributed by atoms with van der Waals surface area (Å²) in [4.78, 5) is 0. The molecule has 4 rings (SSSR count). The molecule has 4 heteroatoms. The fourth-order valence-electron chi connectivity index (χ4n) is 2.30. The predicted molar refractivity (Wildman–Crippen MR) is 77.6 cm³/mol. The van der Waals surface area contributed by atoms with Gasteiger partial charge >= 0.3 is 26.2 Å². The first-order valence-corrected chi connectivity index (χ1v) is 6.17. The van der Waals surface area contributed by atoms with Gasteiger partial charge in [-0.1, -0.05) is 12.1 Å². The molecular formula is C17H15Cl2NZr. The Balaban J connectivity index is 0.000000437. The van der Waals surface area contributed by atoms with Crippen molar-refractivity contribution in [2.24, 2.45) is 7.05 Å². The monoisotopic (exact) mass is 393 g/mol. The fourth-order valence-corrected chi connectivity index (χ4v) is 2.30. The van der Waals surface area contributed by atoms with Gasteiger partial charge in [-0.25, -0.2) is 12.2 Å². The first-order valence-electron chi connectivity index (χ1n) is 6.17. The molecule has 0 unspecified atom stereocenters. The molecule has 1 heterocycles. The SMILES string of the molecule is Cn1ccc2c3ccccc3[cH-]c21.[C-]1=CC=CC1.[Cl-].[Cl-].[Zr+4]. The summed E-state index contributed by atoms with van der Waals surface area (Å²) in [5.74, 6) is 0. The largest absolute Gasteiger partial charge is 4.00 e. The standard InChI is InChI=1S/C12H10N.C5H5.2ClH.Zr/c1-13-7-6-11-10-5-3-2-4-9(10)8-12(11)13;1-2-4-5-3-1;;;/h2-8H,1H3;1-3H,4H2;2*1H;/q2*-1;;;+4/p-2. The van der Waals surface area contributed by atoms with E-state index in [-0.39, 0.29) is 51.0 Å². The molecule has 0 aliphatic heterocycles. The van der Waals surface area contributed by atoms with Crippen LogP contribution in [0, 0.1) is 6.08 Å². The number of hydrogen-bond acceptors (Lipinski definition) is 0. The van der Waals surface area contributed by atoms with Crippen LogP contribution in [0.15, 0.2) is 60.8 Å². The van der Waals surface area contributed by atoms with E-state index in [0.29, 0.717) is 0 Å². The first-order chi connectivity index (χ1) is 8.86. The Bertz CT molecular complexity index is 728. The van der Waals surface area contributed by atoms with E-state index >= 15 is 0 Å². The maximum absolute atomic E-state index is 2.99. The average molecular weight is 395 g/mol. The van der Waals surface area contributed by atoms with Gasteiger partial charge < -0.3 is 29.4 Å². The van der Waals surface area contributed by atoms with Gasteiger partial charge in [0.25, 0.3) is 0 Å². The number of benzene rings is 1. The van der Waals surface area contributed by atoms with Crippen molar-refractivity contribution < 1.29 is 51.0 Å². The third-order valence-electron chi connectivity index (χ3n) is 3.25. The third kappa shape index (κ3) is 4.39. The Morgan fingerprint density at radius 2 is 1.86 bits per heavy atom. The summed E-state index contributed by atoms with van der Waals surface area (Å²) in [6, 6.07) is 12.9. The summed E-state index contributed by atoms with van der Waals surface area (Å²) in [6.07, 6.45) is 12.1. The van der Waals surface area contributed by atoms with Gasteiger partial charge in [0.05, 0.1) is 0 Å². The number of hydrogen-bond donors (Lipinski definition) is 0. The van der Waals surface area contributed by atoms with E-state index in [1.165, 1.54) is 21.7 Å². The van der Waals surface area contributed by atoms with Crippen LogP contribution in [-0.2, 0) is 33.3 Å². The molecule has 0 N–H and O–H groups in total. The van der Waals surface area contributed by atoms with Crippen molar-refractivity contribution >= 4 is 21.7 Å². The Kier molecular flexibility index (Phi) is 9.05. The predicted octanol–water partition coefficient (Wildman–Crippen LogP) is -1.64. The number of aryl methyl sites for hydroxylation is 1. The molecule has 0 saturated carbocycles. The van der Waals surface area contributed by atoms with E-state index in [1.807, 2.05) is 12.2 Å². The van der Waals surface area contributed by atoms with E-state index in [4.69, 9.17) is 0 Å². The van der Waals surface area contributed by atoms with Gasteiger partial charge in [0, 0.05) is 7.05 Å². The van der Waals surface area contributed by atoms with Crippen LogP contribution in [0.3, 0.4) is 0 Å². The second kappa shape index (κ2) is 9.35. The number of aromatic nitrogens is 1. The Labute approximate surface area is 157 Å². The van der Waals surface area contributed by atoms with Crippen LogP contribution in [0.4, 0.5) is 0 Å². The summed E-state index contributed by atoms with van der Waals surface area (Å²) in [7, 11) is 2.08. The zero-order valence-corrected chi connectivity index (χ0v) is 15.7. The summed E-state index contributed by atoms with van der Waals surface area (Å²) >= 11 is 0. The molecular weight excluding hydrogens is 380 g/mol. The molecule has 1 nitrogen and oxygen atoms in total. The maximum Gasteiger partial charge on any atom is 4.00 e. The van der Waals surface area contributed by atoms with Crippen molar-refractivity contribution in [3.63, 3.8) is 0 Å². The van der Waals surface area contributed by atoms with Crippen LogP contribution in [0.25, 0.3) is 21.7 Å². The Hall–Kier alpha value is -0.687. The van der Waals surface area contributed by atoms with Crippen LogP contribution in [0.2, 0.25) is 0 Å². The summed E-state index contributed by atoms with van der Waals surface area (Å²) < 4.78 is 2.16. The minimum atomic E-state index is 0. The van der Waals surface area contributed by atoms with Crippen molar-refractivity contribution in [2.45, 2.75) is 6.42 Å². The van der Waals surface area contributed by atoms with Crippen molar-refractivity contribution in [1.29, 1.82) is 0 Å². The molecule has 0 saturated heterocycles. The molecule has 0 bridgehead atoms. The van der Waals surface area contributed by atoms with Crippen LogP contribution in [-0.4, -0.2) is 4.57 Å². The van der Waals surface area contributed by atoms with Crippen LogP contribution in [0.5, 0.6) is 0 Å². The van der Waals surface area contributed by atoms with Gasteiger partial charge in [-0.3, -0.25) is 6.08 Å². The molecule has 0 radical (unpaired) electrons. The van der Waals surface area contributed by atoms with E-state index in [1.54, 1.807) is 0 Å². The van der Waals surface area contributed by atoms with E-state index in [9.17, 15) is 0 Å². The topological polar surface area (TPSA) is 4.93 Å². The fraction of sp³-hybridized carbons (Fsp3) is 0.118. The van der Waals surface area contributed by atoms with E-state index in [0.717, 1.165) is 6.42 Å². The van der Waals surface area contributed by atoms with Gasteiger partial charge in [-0.2, -0.15) is 6.08 Å². The molecule has 1 aliphatic rings. The quantitative estimate of drug-likeness (QED) is 0.403. The number of rotatable bonds is 0. The number of nitrogens with zero attached hydrogens (tertiary/aromatic N) is 1. The zero-order valence-electron chi connectivity index (χ0n) is 11.7. The van der Waals surface area contributed by atoms with Gasteiger partial charge in [-0.15, -0.1) is 46.8 Å². The molecule has 3 aromatic rings. The number of allylic oxidation sites excluding steroid dienone is 4. The molecule has 21 heavy (non-hydrogen) atoms. The molecule has 0 amide bonds. The van der Waals surface area contributed by atoms with Gasteiger partial charge in [0.2, 0.25) is 0 Å². The molecule has 1 aromatic heterocycles. The summed E-state index contributed by atoms with van der Waals surface area (Å²) in [5.41, 5.74) is 1.32. The van der Waals surface area contributed by atoms with Gasteiger partial charge in [0.1, 0.15) is 0 Å². The third-order valence-corrected chi connectivity index (χ3v) is 3.25. The molecule has 0 spiro atoms. The number of fused-ring (bicyclic) bond motifs is 3. The van der Waals surface area contributed by atoms with Crippen molar-refractivity contribution in [1.82, 2.24) is 4.57 Å². The molecule has 106 valence electrons. The van der Waals surface area contributed by atoms with Gasteiger partial charge in [0.15, 0.2) is 0 Å². The van der Waals surface area contributed by atoms with Crippen LogP contribution in [0.1, 0.15) is 6.42 Å². The normalized spacial score (nSPS) is 11.3. The average Bonchev–Trinajstić information content (AvgIpc) is 3.10. The minimum Gasteiger partial charge on any atom is -1.00 e. The van der Waals surface area contributed by atoms with Crippen LogP contribution < -0.4 is 24.8 Å². The Morgan fingerprint density at radius 3 is 2.48 bits per heavy atom. The smallest absolute Gasteiger partial charge is 1.00 e. The van der Waals surface area contributed by atoms with Crippen molar-refractivity contribution in [3.05, 3.63) is 66.9 Å². The minimum absolute atomic E-state index is 0.